The van der Waals surface area contributed by atoms with E-state index < -0.39 is 0 Å². The van der Waals surface area contributed by atoms with Crippen molar-refractivity contribution in [3.05, 3.63) is 35.4 Å². The molecule has 0 heterocycles. The van der Waals surface area contributed by atoms with E-state index in [0.29, 0.717) is 5.56 Å². The molecule has 0 aliphatic carbocycles. The van der Waals surface area contributed by atoms with Crippen LogP contribution in [0.5, 0.6) is 0 Å². The standard InChI is InChI=1S/C13H21N3O2/c1-2-16(8-3-9-17)10-11-4-6-12(7-5-11)13(14)15-18/h4-7,17-18H,2-3,8-10H2,1H3,(H2,14,15). The molecule has 0 bridgehead atoms. The second-order valence-electron chi connectivity index (χ2n) is 4.13. The van der Waals surface area contributed by atoms with E-state index in [1.54, 1.807) is 0 Å². The van der Waals surface area contributed by atoms with E-state index in [0.717, 1.165) is 26.1 Å². The van der Waals surface area contributed by atoms with Gasteiger partial charge in [-0.1, -0.05) is 36.3 Å². The number of oxime groups is 1. The molecule has 0 amide bonds. The molecule has 0 aliphatic rings. The lowest BCUT2D eigenvalue weighted by molar-refractivity contribution is 0.225. The predicted octanol–water partition coefficient (Wildman–Crippen LogP) is 0.985. The number of nitrogens with two attached hydrogens (primary N) is 1. The summed E-state index contributed by atoms with van der Waals surface area (Å²) in [5.74, 6) is 0.120. The van der Waals surface area contributed by atoms with Crippen molar-refractivity contribution in [2.75, 3.05) is 19.7 Å². The van der Waals surface area contributed by atoms with Crippen molar-refractivity contribution in [3.8, 4) is 0 Å². The van der Waals surface area contributed by atoms with Gasteiger partial charge in [0.2, 0.25) is 0 Å². The second-order valence-corrected chi connectivity index (χ2v) is 4.13. The van der Waals surface area contributed by atoms with Crippen LogP contribution in [0.15, 0.2) is 29.4 Å². The van der Waals surface area contributed by atoms with Crippen LogP contribution in [0, 0.1) is 0 Å². The Labute approximate surface area is 108 Å². The molecular formula is C13H21N3O2. The first-order chi connectivity index (χ1) is 8.71. The molecule has 0 saturated carbocycles. The number of hydrogen-bond donors (Lipinski definition) is 3. The molecule has 0 saturated heterocycles. The average Bonchev–Trinajstić information content (AvgIpc) is 2.43. The van der Waals surface area contributed by atoms with Crippen LogP contribution in [0.3, 0.4) is 0 Å². The summed E-state index contributed by atoms with van der Waals surface area (Å²) in [6.07, 6.45) is 0.788. The third-order valence-corrected chi connectivity index (χ3v) is 2.84. The van der Waals surface area contributed by atoms with Gasteiger partial charge in [0.25, 0.3) is 0 Å². The molecule has 0 aliphatic heterocycles. The number of rotatable bonds is 7. The Kier molecular flexibility index (Phi) is 6.18. The molecule has 0 atom stereocenters. The van der Waals surface area contributed by atoms with E-state index in [1.165, 1.54) is 5.56 Å². The first kappa shape index (κ1) is 14.5. The average molecular weight is 251 g/mol. The van der Waals surface area contributed by atoms with E-state index in [4.69, 9.17) is 16.0 Å². The van der Waals surface area contributed by atoms with Gasteiger partial charge < -0.3 is 16.0 Å². The minimum absolute atomic E-state index is 0.120. The predicted molar refractivity (Wildman–Crippen MR) is 71.6 cm³/mol. The lowest BCUT2D eigenvalue weighted by Gasteiger charge is -2.20. The smallest absolute Gasteiger partial charge is 0.170 e. The van der Waals surface area contributed by atoms with E-state index in [1.807, 2.05) is 24.3 Å². The van der Waals surface area contributed by atoms with Gasteiger partial charge >= 0.3 is 0 Å². The highest BCUT2D eigenvalue weighted by Gasteiger charge is 2.04. The molecule has 1 rings (SSSR count). The van der Waals surface area contributed by atoms with Crippen LogP contribution in [-0.2, 0) is 6.54 Å². The van der Waals surface area contributed by atoms with Crippen LogP contribution in [-0.4, -0.2) is 40.7 Å². The fourth-order valence-corrected chi connectivity index (χ4v) is 1.74. The minimum Gasteiger partial charge on any atom is -0.409 e. The fourth-order valence-electron chi connectivity index (χ4n) is 1.74. The maximum absolute atomic E-state index is 8.82. The molecule has 5 nitrogen and oxygen atoms in total. The van der Waals surface area contributed by atoms with Crippen LogP contribution in [0.2, 0.25) is 0 Å². The first-order valence-corrected chi connectivity index (χ1v) is 6.11. The summed E-state index contributed by atoms with van der Waals surface area (Å²) in [6, 6.07) is 7.61. The zero-order valence-corrected chi connectivity index (χ0v) is 10.7. The SMILES string of the molecule is CCN(CCCO)Cc1ccc(/C(N)=N/O)cc1. The van der Waals surface area contributed by atoms with Crippen molar-refractivity contribution in [1.82, 2.24) is 4.90 Å². The molecule has 5 heteroatoms. The summed E-state index contributed by atoms with van der Waals surface area (Å²) in [4.78, 5) is 2.26. The molecule has 1 aromatic carbocycles. The summed E-state index contributed by atoms with van der Waals surface area (Å²) in [5.41, 5.74) is 7.38. The van der Waals surface area contributed by atoms with E-state index in [2.05, 4.69) is 17.0 Å². The fraction of sp³-hybridized carbons (Fsp3) is 0.462. The zero-order valence-electron chi connectivity index (χ0n) is 10.7. The maximum atomic E-state index is 8.82. The van der Waals surface area contributed by atoms with Crippen LogP contribution >= 0.6 is 0 Å². The number of amidine groups is 1. The topological polar surface area (TPSA) is 82.1 Å². The van der Waals surface area contributed by atoms with Gasteiger partial charge in [-0.2, -0.15) is 0 Å². The van der Waals surface area contributed by atoms with Crippen molar-refractivity contribution in [3.63, 3.8) is 0 Å². The van der Waals surface area contributed by atoms with Gasteiger partial charge in [0.15, 0.2) is 5.84 Å². The highest BCUT2D eigenvalue weighted by molar-refractivity contribution is 5.96. The van der Waals surface area contributed by atoms with E-state index in [-0.39, 0.29) is 12.4 Å². The van der Waals surface area contributed by atoms with Gasteiger partial charge in [-0.3, -0.25) is 4.90 Å². The molecule has 0 radical (unpaired) electrons. The Morgan fingerprint density at radius 1 is 1.33 bits per heavy atom. The van der Waals surface area contributed by atoms with Gasteiger partial charge in [-0.15, -0.1) is 0 Å². The normalized spacial score (nSPS) is 12.1. The monoisotopic (exact) mass is 251 g/mol. The number of nitrogens with zero attached hydrogens (tertiary/aromatic N) is 2. The van der Waals surface area contributed by atoms with Crippen molar-refractivity contribution in [2.45, 2.75) is 19.9 Å². The number of aliphatic hydroxyl groups excluding tert-OH is 1. The first-order valence-electron chi connectivity index (χ1n) is 6.11. The van der Waals surface area contributed by atoms with Gasteiger partial charge in [0, 0.05) is 25.3 Å². The Balaban J connectivity index is 2.62. The number of hydrogen-bond acceptors (Lipinski definition) is 4. The Morgan fingerprint density at radius 3 is 2.50 bits per heavy atom. The third-order valence-electron chi connectivity index (χ3n) is 2.84. The summed E-state index contributed by atoms with van der Waals surface area (Å²) in [7, 11) is 0. The molecule has 18 heavy (non-hydrogen) atoms. The van der Waals surface area contributed by atoms with Gasteiger partial charge in [0.1, 0.15) is 0 Å². The largest absolute Gasteiger partial charge is 0.409 e. The van der Waals surface area contributed by atoms with E-state index in [9.17, 15) is 0 Å². The zero-order chi connectivity index (χ0) is 13.4. The van der Waals surface area contributed by atoms with Crippen molar-refractivity contribution >= 4 is 5.84 Å². The maximum Gasteiger partial charge on any atom is 0.170 e. The Morgan fingerprint density at radius 2 is 2.00 bits per heavy atom. The summed E-state index contributed by atoms with van der Waals surface area (Å²) in [6.45, 7) is 4.99. The number of aliphatic hydroxyl groups is 1. The van der Waals surface area contributed by atoms with Gasteiger partial charge in [0.05, 0.1) is 0 Å². The molecule has 0 unspecified atom stereocenters. The van der Waals surface area contributed by atoms with Crippen molar-refractivity contribution < 1.29 is 10.3 Å². The quantitative estimate of drug-likeness (QED) is 0.292. The summed E-state index contributed by atoms with van der Waals surface area (Å²) in [5, 5.41) is 20.4. The molecule has 0 fully saturated rings. The Hall–Kier alpha value is -1.59. The minimum atomic E-state index is 0.120. The van der Waals surface area contributed by atoms with Gasteiger partial charge in [-0.05, 0) is 18.5 Å². The van der Waals surface area contributed by atoms with Crippen molar-refractivity contribution in [2.24, 2.45) is 10.9 Å². The lowest BCUT2D eigenvalue weighted by Crippen LogP contribution is -2.24. The summed E-state index contributed by atoms with van der Waals surface area (Å²) < 4.78 is 0. The highest BCUT2D eigenvalue weighted by atomic mass is 16.4. The molecular weight excluding hydrogens is 230 g/mol. The molecule has 100 valence electrons. The second kappa shape index (κ2) is 7.68. The van der Waals surface area contributed by atoms with Crippen LogP contribution < -0.4 is 5.73 Å². The highest BCUT2D eigenvalue weighted by Crippen LogP contribution is 2.08. The molecule has 4 N–H and O–H groups in total. The van der Waals surface area contributed by atoms with Crippen molar-refractivity contribution in [1.29, 1.82) is 0 Å². The Bertz CT molecular complexity index is 376. The van der Waals surface area contributed by atoms with Crippen LogP contribution in [0.25, 0.3) is 0 Å². The van der Waals surface area contributed by atoms with Crippen LogP contribution in [0.1, 0.15) is 24.5 Å². The molecule has 0 spiro atoms. The van der Waals surface area contributed by atoms with Crippen LogP contribution in [0.4, 0.5) is 0 Å². The van der Waals surface area contributed by atoms with Gasteiger partial charge in [-0.25, -0.2) is 0 Å². The molecule has 1 aromatic rings. The summed E-state index contributed by atoms with van der Waals surface area (Å²) >= 11 is 0. The van der Waals surface area contributed by atoms with E-state index >= 15 is 0 Å². The lowest BCUT2D eigenvalue weighted by atomic mass is 10.1. The third kappa shape index (κ3) is 4.35. The number of benzene rings is 1. The molecule has 0 aromatic heterocycles.